The molecule has 0 unspecified atom stereocenters. The lowest BCUT2D eigenvalue weighted by molar-refractivity contribution is -0.161. The van der Waals surface area contributed by atoms with Gasteiger partial charge in [0.2, 0.25) is 0 Å². The van der Waals surface area contributed by atoms with E-state index in [9.17, 15) is 15.0 Å². The number of allylic oxidation sites excluding steroid dienone is 1. The second kappa shape index (κ2) is 6.92. The van der Waals surface area contributed by atoms with Gasteiger partial charge in [-0.2, -0.15) is 0 Å². The molecule has 3 fully saturated rings. The average molecular weight is 390 g/mol. The SMILES string of the molecule is CN(C)CCC(=O)[C@]1(O)CC[C@@H]2[C@H]3CC=C4C[C@@H](O)CC[C@]4(C)[C@@H]3CC[C@]21C. The van der Waals surface area contributed by atoms with Gasteiger partial charge in [0.1, 0.15) is 5.60 Å². The van der Waals surface area contributed by atoms with Crippen molar-refractivity contribution in [2.45, 2.75) is 83.3 Å². The van der Waals surface area contributed by atoms with Crippen LogP contribution in [0.15, 0.2) is 11.6 Å². The Morgan fingerprint density at radius 3 is 2.57 bits per heavy atom. The molecular formula is C24H39NO3. The van der Waals surface area contributed by atoms with Crippen LogP contribution in [0.4, 0.5) is 0 Å². The Kier molecular flexibility index (Phi) is 5.08. The fourth-order valence-electron chi connectivity index (χ4n) is 7.65. The standard InChI is InChI=1S/C24H39NO3/c1-22-11-7-17(26)15-16(22)5-6-18-19(22)8-12-23(2)20(18)9-13-24(23,28)21(27)10-14-25(3)4/h5,17-20,26,28H,6-15H2,1-4H3/t17-,18-,19+,20+,22-,23+,24+/m0/s1. The van der Waals surface area contributed by atoms with Crippen LogP contribution in [0, 0.1) is 28.6 Å². The minimum absolute atomic E-state index is 0.0590. The quantitative estimate of drug-likeness (QED) is 0.722. The normalized spacial score (nSPS) is 47.9. The Morgan fingerprint density at radius 1 is 1.14 bits per heavy atom. The molecule has 3 saturated carbocycles. The average Bonchev–Trinajstić information content (AvgIpc) is 2.92. The maximum atomic E-state index is 13.1. The molecule has 0 spiro atoms. The molecular weight excluding hydrogens is 350 g/mol. The van der Waals surface area contributed by atoms with Crippen molar-refractivity contribution in [3.05, 3.63) is 11.6 Å². The minimum atomic E-state index is -1.15. The molecule has 4 aliphatic rings. The molecule has 0 aromatic carbocycles. The van der Waals surface area contributed by atoms with Crippen molar-refractivity contribution >= 4 is 5.78 Å². The van der Waals surface area contributed by atoms with Crippen molar-refractivity contribution in [2.24, 2.45) is 28.6 Å². The van der Waals surface area contributed by atoms with Crippen LogP contribution in [0.25, 0.3) is 0 Å². The summed E-state index contributed by atoms with van der Waals surface area (Å²) in [5.74, 6) is 1.69. The van der Waals surface area contributed by atoms with Gasteiger partial charge in [0.05, 0.1) is 6.10 Å². The van der Waals surface area contributed by atoms with E-state index in [0.29, 0.717) is 37.1 Å². The van der Waals surface area contributed by atoms with Crippen LogP contribution in [0.2, 0.25) is 0 Å². The van der Waals surface area contributed by atoms with Gasteiger partial charge in [-0.3, -0.25) is 4.79 Å². The molecule has 2 N–H and O–H groups in total. The monoisotopic (exact) mass is 389 g/mol. The summed E-state index contributed by atoms with van der Waals surface area (Å²) in [6.45, 7) is 5.34. The van der Waals surface area contributed by atoms with E-state index in [0.717, 1.165) is 44.9 Å². The molecule has 0 saturated heterocycles. The summed E-state index contributed by atoms with van der Waals surface area (Å²) in [4.78, 5) is 15.1. The molecule has 158 valence electrons. The van der Waals surface area contributed by atoms with Crippen LogP contribution in [0.5, 0.6) is 0 Å². The maximum Gasteiger partial charge on any atom is 0.166 e. The first-order valence-electron chi connectivity index (χ1n) is 11.4. The van der Waals surface area contributed by atoms with E-state index in [-0.39, 0.29) is 22.7 Å². The van der Waals surface area contributed by atoms with Gasteiger partial charge in [-0.15, -0.1) is 0 Å². The summed E-state index contributed by atoms with van der Waals surface area (Å²) in [5, 5.41) is 21.8. The number of hydrogen-bond donors (Lipinski definition) is 2. The summed E-state index contributed by atoms with van der Waals surface area (Å²) in [6, 6.07) is 0. The van der Waals surface area contributed by atoms with E-state index in [1.54, 1.807) is 0 Å². The Morgan fingerprint density at radius 2 is 1.86 bits per heavy atom. The van der Waals surface area contributed by atoms with Crippen LogP contribution in [0.1, 0.15) is 71.6 Å². The van der Waals surface area contributed by atoms with Crippen molar-refractivity contribution < 1.29 is 15.0 Å². The largest absolute Gasteiger partial charge is 0.393 e. The number of aliphatic hydroxyl groups is 2. The zero-order valence-corrected chi connectivity index (χ0v) is 18.2. The van der Waals surface area contributed by atoms with Crippen LogP contribution < -0.4 is 0 Å². The molecule has 28 heavy (non-hydrogen) atoms. The number of hydrogen-bond acceptors (Lipinski definition) is 4. The highest BCUT2D eigenvalue weighted by Crippen LogP contribution is 2.67. The number of carbonyl (C=O) groups is 1. The predicted molar refractivity (Wildman–Crippen MR) is 111 cm³/mol. The minimum Gasteiger partial charge on any atom is -0.393 e. The lowest BCUT2D eigenvalue weighted by Gasteiger charge is -2.58. The highest BCUT2D eigenvalue weighted by atomic mass is 16.3. The zero-order valence-electron chi connectivity index (χ0n) is 18.2. The number of nitrogens with zero attached hydrogens (tertiary/aromatic N) is 1. The Bertz CT molecular complexity index is 673. The van der Waals surface area contributed by atoms with E-state index >= 15 is 0 Å². The molecule has 0 heterocycles. The fraction of sp³-hybridized carbons (Fsp3) is 0.875. The summed E-state index contributed by atoms with van der Waals surface area (Å²) in [5.41, 5.74) is 0.255. The zero-order chi connectivity index (χ0) is 20.3. The van der Waals surface area contributed by atoms with Crippen molar-refractivity contribution in [2.75, 3.05) is 20.6 Å². The smallest absolute Gasteiger partial charge is 0.166 e. The van der Waals surface area contributed by atoms with Gasteiger partial charge < -0.3 is 15.1 Å². The molecule has 4 rings (SSSR count). The lowest BCUT2D eigenvalue weighted by Crippen LogP contribution is -2.57. The highest BCUT2D eigenvalue weighted by Gasteiger charge is 2.65. The Labute approximate surface area is 170 Å². The number of ketones is 1. The number of aliphatic hydroxyl groups excluding tert-OH is 1. The third kappa shape index (κ3) is 2.86. The summed E-state index contributed by atoms with van der Waals surface area (Å²) in [6.07, 6.45) is 10.2. The van der Waals surface area contributed by atoms with Crippen molar-refractivity contribution in [1.29, 1.82) is 0 Å². The van der Waals surface area contributed by atoms with Crippen molar-refractivity contribution in [3.8, 4) is 0 Å². The molecule has 0 radical (unpaired) electrons. The topological polar surface area (TPSA) is 60.8 Å². The molecule has 4 nitrogen and oxygen atoms in total. The van der Waals surface area contributed by atoms with Crippen LogP contribution >= 0.6 is 0 Å². The number of fused-ring (bicyclic) bond motifs is 5. The van der Waals surface area contributed by atoms with Gasteiger partial charge in [0, 0.05) is 18.4 Å². The van der Waals surface area contributed by atoms with Gasteiger partial charge >= 0.3 is 0 Å². The van der Waals surface area contributed by atoms with Crippen LogP contribution in [-0.2, 0) is 4.79 Å². The predicted octanol–water partition coefficient (Wildman–Crippen LogP) is 3.56. The molecule has 4 aliphatic carbocycles. The first kappa shape index (κ1) is 20.6. The van der Waals surface area contributed by atoms with Crippen molar-refractivity contribution in [3.63, 3.8) is 0 Å². The van der Waals surface area contributed by atoms with Crippen molar-refractivity contribution in [1.82, 2.24) is 4.90 Å². The molecule has 0 bridgehead atoms. The molecule has 0 aromatic heterocycles. The highest BCUT2D eigenvalue weighted by molar-refractivity contribution is 5.88. The third-order valence-electron chi connectivity index (χ3n) is 9.48. The number of carbonyl (C=O) groups excluding carboxylic acids is 1. The van der Waals surface area contributed by atoms with E-state index < -0.39 is 5.60 Å². The molecule has 4 heteroatoms. The first-order valence-corrected chi connectivity index (χ1v) is 11.4. The Balaban J connectivity index is 1.59. The second-order valence-electron chi connectivity index (χ2n) is 11.0. The van der Waals surface area contributed by atoms with Gasteiger partial charge in [-0.1, -0.05) is 25.5 Å². The van der Waals surface area contributed by atoms with Crippen LogP contribution in [-0.4, -0.2) is 53.2 Å². The van der Waals surface area contributed by atoms with Gasteiger partial charge in [0.15, 0.2) is 5.78 Å². The second-order valence-corrected chi connectivity index (χ2v) is 11.0. The number of rotatable bonds is 4. The molecule has 0 aromatic rings. The van der Waals surface area contributed by atoms with E-state index in [1.807, 2.05) is 19.0 Å². The lowest BCUT2D eigenvalue weighted by atomic mass is 9.46. The third-order valence-corrected chi connectivity index (χ3v) is 9.48. The number of Topliss-reactive ketones (excluding diaryl/α,β-unsaturated/α-hetero) is 1. The summed E-state index contributed by atoms with van der Waals surface area (Å²) < 4.78 is 0. The molecule has 0 aliphatic heterocycles. The maximum absolute atomic E-state index is 13.1. The molecule has 7 atom stereocenters. The van der Waals surface area contributed by atoms with Gasteiger partial charge in [0.25, 0.3) is 0 Å². The fourth-order valence-corrected chi connectivity index (χ4v) is 7.65. The van der Waals surface area contributed by atoms with Gasteiger partial charge in [-0.05, 0) is 88.6 Å². The summed E-state index contributed by atoms with van der Waals surface area (Å²) >= 11 is 0. The van der Waals surface area contributed by atoms with Crippen LogP contribution in [0.3, 0.4) is 0 Å². The molecule has 0 amide bonds. The van der Waals surface area contributed by atoms with E-state index in [2.05, 4.69) is 19.9 Å². The summed E-state index contributed by atoms with van der Waals surface area (Å²) in [7, 11) is 3.96. The van der Waals surface area contributed by atoms with Gasteiger partial charge in [-0.25, -0.2) is 0 Å². The van der Waals surface area contributed by atoms with E-state index in [1.165, 1.54) is 5.57 Å². The first-order chi connectivity index (χ1) is 13.1. The Hall–Kier alpha value is -0.710. The van der Waals surface area contributed by atoms with E-state index in [4.69, 9.17) is 0 Å².